The molecule has 1 unspecified atom stereocenters. The summed E-state index contributed by atoms with van der Waals surface area (Å²) in [7, 11) is 0. The second-order valence-corrected chi connectivity index (χ2v) is 4.46. The lowest BCUT2D eigenvalue weighted by atomic mass is 9.98. The van der Waals surface area contributed by atoms with Crippen LogP contribution in [-0.4, -0.2) is 15.1 Å². The van der Waals surface area contributed by atoms with Crippen molar-refractivity contribution in [3.05, 3.63) is 65.6 Å². The number of rotatable bonds is 2. The average molecular weight is 238 g/mol. The molecule has 0 radical (unpaired) electrons. The van der Waals surface area contributed by atoms with E-state index in [-0.39, 0.29) is 0 Å². The molecule has 0 bridgehead atoms. The Bertz CT molecular complexity index is 688. The summed E-state index contributed by atoms with van der Waals surface area (Å²) in [5, 5.41) is 11.5. The fourth-order valence-electron chi connectivity index (χ4n) is 2.18. The number of benzene rings is 1. The molecule has 0 aliphatic heterocycles. The molecule has 0 aliphatic rings. The standard InChI is InChI=1S/C15H14N2O/c1-10-4-6-16-9-13(10)15(18)12-2-3-14-11(8-12)5-7-17-14/h2-9,15,17-18H,1H3. The maximum atomic E-state index is 10.4. The highest BCUT2D eigenvalue weighted by molar-refractivity contribution is 5.80. The van der Waals surface area contributed by atoms with Gasteiger partial charge in [-0.05, 0) is 47.7 Å². The Balaban J connectivity index is 2.06. The predicted octanol–water partition coefficient (Wildman–Crippen LogP) is 2.95. The molecule has 2 aromatic heterocycles. The van der Waals surface area contributed by atoms with E-state index >= 15 is 0 Å². The van der Waals surface area contributed by atoms with Crippen LogP contribution < -0.4 is 0 Å². The second kappa shape index (κ2) is 4.27. The number of aromatic amines is 1. The lowest BCUT2D eigenvalue weighted by Crippen LogP contribution is -2.02. The molecule has 18 heavy (non-hydrogen) atoms. The Kier molecular flexibility index (Phi) is 2.61. The first-order valence-electron chi connectivity index (χ1n) is 5.91. The molecule has 1 aromatic carbocycles. The molecule has 2 heterocycles. The molecule has 1 atom stereocenters. The molecule has 0 saturated carbocycles. The number of nitrogens with one attached hydrogen (secondary N) is 1. The van der Waals surface area contributed by atoms with Gasteiger partial charge in [-0.2, -0.15) is 0 Å². The van der Waals surface area contributed by atoms with E-state index in [1.165, 1.54) is 0 Å². The smallest absolute Gasteiger partial charge is 0.106 e. The van der Waals surface area contributed by atoms with E-state index in [0.717, 1.165) is 27.6 Å². The number of pyridine rings is 1. The van der Waals surface area contributed by atoms with Gasteiger partial charge in [-0.25, -0.2) is 0 Å². The Morgan fingerprint density at radius 2 is 2.11 bits per heavy atom. The molecule has 90 valence electrons. The SMILES string of the molecule is Cc1ccncc1C(O)c1ccc2[nH]ccc2c1. The Morgan fingerprint density at radius 3 is 2.94 bits per heavy atom. The number of nitrogens with zero attached hydrogens (tertiary/aromatic N) is 1. The minimum absolute atomic E-state index is 0.627. The predicted molar refractivity (Wildman–Crippen MR) is 71.3 cm³/mol. The summed E-state index contributed by atoms with van der Waals surface area (Å²) in [6.07, 6.45) is 4.73. The Labute approximate surface area is 105 Å². The van der Waals surface area contributed by atoms with Gasteiger partial charge in [0.15, 0.2) is 0 Å². The highest BCUT2D eigenvalue weighted by Crippen LogP contribution is 2.26. The summed E-state index contributed by atoms with van der Waals surface area (Å²) in [5.41, 5.74) is 3.87. The summed E-state index contributed by atoms with van der Waals surface area (Å²) >= 11 is 0. The maximum absolute atomic E-state index is 10.4. The third-order valence-electron chi connectivity index (χ3n) is 3.27. The highest BCUT2D eigenvalue weighted by atomic mass is 16.3. The third-order valence-corrected chi connectivity index (χ3v) is 3.27. The molecule has 2 N–H and O–H groups in total. The number of aryl methyl sites for hydroxylation is 1. The van der Waals surface area contributed by atoms with Crippen LogP contribution in [-0.2, 0) is 0 Å². The minimum Gasteiger partial charge on any atom is -0.384 e. The van der Waals surface area contributed by atoms with E-state index < -0.39 is 6.10 Å². The Morgan fingerprint density at radius 1 is 1.22 bits per heavy atom. The van der Waals surface area contributed by atoms with Crippen molar-refractivity contribution >= 4 is 10.9 Å². The first-order valence-corrected chi connectivity index (χ1v) is 5.91. The molecule has 3 heteroatoms. The fourth-order valence-corrected chi connectivity index (χ4v) is 2.18. The number of H-pyrrole nitrogens is 1. The van der Waals surface area contributed by atoms with Crippen molar-refractivity contribution in [3.8, 4) is 0 Å². The quantitative estimate of drug-likeness (QED) is 0.721. The maximum Gasteiger partial charge on any atom is 0.106 e. The van der Waals surface area contributed by atoms with Crippen molar-refractivity contribution in [1.29, 1.82) is 0 Å². The van der Waals surface area contributed by atoms with Gasteiger partial charge in [-0.15, -0.1) is 0 Å². The van der Waals surface area contributed by atoms with Crippen LogP contribution in [0.3, 0.4) is 0 Å². The molecule has 3 rings (SSSR count). The molecule has 0 spiro atoms. The van der Waals surface area contributed by atoms with Crippen LogP contribution in [0, 0.1) is 6.92 Å². The lowest BCUT2D eigenvalue weighted by molar-refractivity contribution is 0.219. The van der Waals surface area contributed by atoms with E-state index in [2.05, 4.69) is 9.97 Å². The van der Waals surface area contributed by atoms with Crippen LogP contribution in [0.4, 0.5) is 0 Å². The molecular formula is C15H14N2O. The zero-order valence-electron chi connectivity index (χ0n) is 10.1. The van der Waals surface area contributed by atoms with Gasteiger partial charge in [0, 0.05) is 29.7 Å². The van der Waals surface area contributed by atoms with E-state index in [0.29, 0.717) is 0 Å². The topological polar surface area (TPSA) is 48.9 Å². The highest BCUT2D eigenvalue weighted by Gasteiger charge is 2.13. The third kappa shape index (κ3) is 1.79. The molecular weight excluding hydrogens is 224 g/mol. The van der Waals surface area contributed by atoms with Crippen LogP contribution in [0.15, 0.2) is 48.9 Å². The van der Waals surface area contributed by atoms with Gasteiger partial charge in [0.2, 0.25) is 0 Å². The zero-order chi connectivity index (χ0) is 12.5. The monoisotopic (exact) mass is 238 g/mol. The largest absolute Gasteiger partial charge is 0.384 e. The number of aliphatic hydroxyl groups excluding tert-OH is 1. The molecule has 0 fully saturated rings. The first-order chi connectivity index (χ1) is 8.75. The number of aliphatic hydroxyl groups is 1. The van der Waals surface area contributed by atoms with E-state index in [9.17, 15) is 5.11 Å². The fraction of sp³-hybridized carbons (Fsp3) is 0.133. The van der Waals surface area contributed by atoms with Crippen molar-refractivity contribution in [2.24, 2.45) is 0 Å². The normalized spacial score (nSPS) is 12.8. The van der Waals surface area contributed by atoms with Crippen LogP contribution >= 0.6 is 0 Å². The van der Waals surface area contributed by atoms with Crippen molar-refractivity contribution in [2.45, 2.75) is 13.0 Å². The number of aromatic nitrogens is 2. The summed E-state index contributed by atoms with van der Waals surface area (Å²) in [6, 6.07) is 9.84. The summed E-state index contributed by atoms with van der Waals surface area (Å²) < 4.78 is 0. The van der Waals surface area contributed by atoms with Gasteiger partial charge in [0.05, 0.1) is 0 Å². The molecule has 3 aromatic rings. The van der Waals surface area contributed by atoms with Gasteiger partial charge < -0.3 is 10.1 Å². The van der Waals surface area contributed by atoms with E-state index in [1.807, 2.05) is 43.5 Å². The molecule has 0 amide bonds. The van der Waals surface area contributed by atoms with Crippen molar-refractivity contribution < 1.29 is 5.11 Å². The van der Waals surface area contributed by atoms with Crippen molar-refractivity contribution in [2.75, 3.05) is 0 Å². The first kappa shape index (κ1) is 11.0. The van der Waals surface area contributed by atoms with Crippen LogP contribution in [0.25, 0.3) is 10.9 Å². The van der Waals surface area contributed by atoms with E-state index in [1.54, 1.807) is 12.4 Å². The second-order valence-electron chi connectivity index (χ2n) is 4.46. The Hall–Kier alpha value is -2.13. The summed E-state index contributed by atoms with van der Waals surface area (Å²) in [4.78, 5) is 7.22. The molecule has 3 nitrogen and oxygen atoms in total. The van der Waals surface area contributed by atoms with Crippen LogP contribution in [0.2, 0.25) is 0 Å². The van der Waals surface area contributed by atoms with Crippen molar-refractivity contribution in [1.82, 2.24) is 9.97 Å². The average Bonchev–Trinajstić information content (AvgIpc) is 2.85. The summed E-state index contributed by atoms with van der Waals surface area (Å²) in [6.45, 7) is 1.98. The van der Waals surface area contributed by atoms with Crippen LogP contribution in [0.1, 0.15) is 22.8 Å². The lowest BCUT2D eigenvalue weighted by Gasteiger charge is -2.13. The summed E-state index contributed by atoms with van der Waals surface area (Å²) in [5.74, 6) is 0. The van der Waals surface area contributed by atoms with Gasteiger partial charge in [-0.1, -0.05) is 6.07 Å². The zero-order valence-corrected chi connectivity index (χ0v) is 10.1. The number of hydrogen-bond acceptors (Lipinski definition) is 2. The minimum atomic E-state index is -0.627. The number of hydrogen-bond donors (Lipinski definition) is 2. The van der Waals surface area contributed by atoms with Crippen LogP contribution in [0.5, 0.6) is 0 Å². The van der Waals surface area contributed by atoms with Gasteiger partial charge in [0.25, 0.3) is 0 Å². The molecule has 0 aliphatic carbocycles. The van der Waals surface area contributed by atoms with Gasteiger partial charge >= 0.3 is 0 Å². The van der Waals surface area contributed by atoms with E-state index in [4.69, 9.17) is 0 Å². The van der Waals surface area contributed by atoms with Gasteiger partial charge in [0.1, 0.15) is 6.10 Å². The molecule has 0 saturated heterocycles. The number of fused-ring (bicyclic) bond motifs is 1. The van der Waals surface area contributed by atoms with Gasteiger partial charge in [-0.3, -0.25) is 4.98 Å². The van der Waals surface area contributed by atoms with Crippen molar-refractivity contribution in [3.63, 3.8) is 0 Å².